The number of hydrogen-bond acceptors (Lipinski definition) is 2. The van der Waals surface area contributed by atoms with E-state index in [0.29, 0.717) is 23.7 Å². The number of halogens is 1. The molecule has 0 unspecified atom stereocenters. The van der Waals surface area contributed by atoms with E-state index in [0.717, 1.165) is 17.7 Å². The fourth-order valence-electron chi connectivity index (χ4n) is 2.51. The molecule has 0 atom stereocenters. The van der Waals surface area contributed by atoms with Gasteiger partial charge in [0.2, 0.25) is 0 Å². The summed E-state index contributed by atoms with van der Waals surface area (Å²) in [5, 5.41) is 0.633. The van der Waals surface area contributed by atoms with Crippen LogP contribution in [0.2, 0.25) is 5.02 Å². The number of amides is 1. The van der Waals surface area contributed by atoms with E-state index in [-0.39, 0.29) is 5.91 Å². The third-order valence-electron chi connectivity index (χ3n) is 3.62. The lowest BCUT2D eigenvalue weighted by Crippen LogP contribution is -2.28. The molecule has 0 radical (unpaired) electrons. The summed E-state index contributed by atoms with van der Waals surface area (Å²) >= 11 is 5.86. The van der Waals surface area contributed by atoms with Crippen molar-refractivity contribution in [3.05, 3.63) is 64.2 Å². The highest BCUT2D eigenvalue weighted by Gasteiger charge is 2.25. The first-order valence-electron chi connectivity index (χ1n) is 6.58. The monoisotopic (exact) mass is 286 g/mol. The van der Waals surface area contributed by atoms with Crippen LogP contribution in [-0.2, 0) is 13.0 Å². The lowest BCUT2D eigenvalue weighted by atomic mass is 10.1. The van der Waals surface area contributed by atoms with Crippen LogP contribution >= 0.6 is 11.6 Å². The molecule has 0 fully saturated rings. The molecule has 1 aliphatic heterocycles. The highest BCUT2D eigenvalue weighted by molar-refractivity contribution is 6.30. The second kappa shape index (κ2) is 5.27. The molecular formula is C16H15ClN2O. The zero-order chi connectivity index (χ0) is 14.1. The van der Waals surface area contributed by atoms with Gasteiger partial charge in [-0.2, -0.15) is 0 Å². The van der Waals surface area contributed by atoms with Gasteiger partial charge >= 0.3 is 0 Å². The third kappa shape index (κ3) is 2.30. The molecule has 4 heteroatoms. The molecule has 20 heavy (non-hydrogen) atoms. The molecule has 1 heterocycles. The molecule has 0 saturated carbocycles. The summed E-state index contributed by atoms with van der Waals surface area (Å²) in [7, 11) is 0. The molecule has 1 amide bonds. The number of fused-ring (bicyclic) bond motifs is 1. The van der Waals surface area contributed by atoms with Crippen molar-refractivity contribution in [1.82, 2.24) is 0 Å². The second-order valence-electron chi connectivity index (χ2n) is 4.88. The molecule has 3 rings (SSSR count). The smallest absolute Gasteiger partial charge is 0.258 e. The van der Waals surface area contributed by atoms with Crippen LogP contribution in [-0.4, -0.2) is 12.5 Å². The topological polar surface area (TPSA) is 46.3 Å². The van der Waals surface area contributed by atoms with Crippen LogP contribution in [0.25, 0.3) is 0 Å². The highest BCUT2D eigenvalue weighted by atomic mass is 35.5. The van der Waals surface area contributed by atoms with Gasteiger partial charge in [-0.1, -0.05) is 23.7 Å². The van der Waals surface area contributed by atoms with Gasteiger partial charge in [0.1, 0.15) is 0 Å². The SMILES string of the molecule is NCc1ccc2c(c1)N(C(=O)c1ccc(Cl)cc1)CC2. The van der Waals surface area contributed by atoms with Crippen molar-refractivity contribution in [3.8, 4) is 0 Å². The van der Waals surface area contributed by atoms with Crippen LogP contribution in [0.15, 0.2) is 42.5 Å². The standard InChI is InChI=1S/C16H15ClN2O/c17-14-5-3-13(4-6-14)16(20)19-8-7-12-2-1-11(10-18)9-15(12)19/h1-6,9H,7-8,10,18H2. The maximum Gasteiger partial charge on any atom is 0.258 e. The van der Waals surface area contributed by atoms with Crippen molar-refractivity contribution in [2.45, 2.75) is 13.0 Å². The Morgan fingerprint density at radius 1 is 1.20 bits per heavy atom. The Bertz CT molecular complexity index is 652. The number of carbonyl (C=O) groups is 1. The third-order valence-corrected chi connectivity index (χ3v) is 3.87. The molecule has 2 aromatic rings. The largest absolute Gasteiger partial charge is 0.326 e. The van der Waals surface area contributed by atoms with Crippen LogP contribution < -0.4 is 10.6 Å². The summed E-state index contributed by atoms with van der Waals surface area (Å²) in [6.07, 6.45) is 0.888. The van der Waals surface area contributed by atoms with Crippen molar-refractivity contribution in [3.63, 3.8) is 0 Å². The predicted molar refractivity (Wildman–Crippen MR) is 81.2 cm³/mol. The van der Waals surface area contributed by atoms with Crippen LogP contribution in [0.5, 0.6) is 0 Å². The van der Waals surface area contributed by atoms with E-state index in [1.807, 2.05) is 17.0 Å². The average Bonchev–Trinajstić information content (AvgIpc) is 2.90. The van der Waals surface area contributed by atoms with Gasteiger partial charge in [-0.15, -0.1) is 0 Å². The van der Waals surface area contributed by atoms with Crippen molar-refractivity contribution in [2.75, 3.05) is 11.4 Å². The number of benzene rings is 2. The lowest BCUT2D eigenvalue weighted by Gasteiger charge is -2.18. The van der Waals surface area contributed by atoms with E-state index in [4.69, 9.17) is 17.3 Å². The first-order valence-corrected chi connectivity index (χ1v) is 6.96. The Morgan fingerprint density at radius 2 is 1.95 bits per heavy atom. The van der Waals surface area contributed by atoms with Crippen LogP contribution in [0, 0.1) is 0 Å². The van der Waals surface area contributed by atoms with E-state index in [1.165, 1.54) is 5.56 Å². The predicted octanol–water partition coefficient (Wildman–Crippen LogP) is 3.00. The molecule has 2 aromatic carbocycles. The molecule has 102 valence electrons. The minimum atomic E-state index is 0.00888. The molecule has 1 aliphatic rings. The van der Waals surface area contributed by atoms with E-state index < -0.39 is 0 Å². The fourth-order valence-corrected chi connectivity index (χ4v) is 2.64. The fraction of sp³-hybridized carbons (Fsp3) is 0.188. The van der Waals surface area contributed by atoms with Crippen LogP contribution in [0.1, 0.15) is 21.5 Å². The van der Waals surface area contributed by atoms with Crippen LogP contribution in [0.4, 0.5) is 5.69 Å². The maximum absolute atomic E-state index is 12.6. The lowest BCUT2D eigenvalue weighted by molar-refractivity contribution is 0.0989. The number of nitrogens with zero attached hydrogens (tertiary/aromatic N) is 1. The first-order chi connectivity index (χ1) is 9.69. The van der Waals surface area contributed by atoms with Crippen molar-refractivity contribution in [2.24, 2.45) is 5.73 Å². The zero-order valence-corrected chi connectivity index (χ0v) is 11.7. The highest BCUT2D eigenvalue weighted by Crippen LogP contribution is 2.30. The van der Waals surface area contributed by atoms with Gasteiger partial charge in [-0.25, -0.2) is 0 Å². The number of nitrogens with two attached hydrogens (primary N) is 1. The van der Waals surface area contributed by atoms with Crippen molar-refractivity contribution in [1.29, 1.82) is 0 Å². The number of carbonyl (C=O) groups excluding carboxylic acids is 1. The normalized spacial score (nSPS) is 13.4. The van der Waals surface area contributed by atoms with Gasteiger partial charge in [0, 0.05) is 29.4 Å². The van der Waals surface area contributed by atoms with E-state index in [9.17, 15) is 4.79 Å². The molecule has 0 saturated heterocycles. The van der Waals surface area contributed by atoms with E-state index in [2.05, 4.69) is 6.07 Å². The molecular weight excluding hydrogens is 272 g/mol. The molecule has 0 bridgehead atoms. The summed E-state index contributed by atoms with van der Waals surface area (Å²) in [6.45, 7) is 1.20. The summed E-state index contributed by atoms with van der Waals surface area (Å²) in [6, 6.07) is 13.1. The molecule has 0 aliphatic carbocycles. The van der Waals surface area contributed by atoms with Gasteiger partial charge in [-0.3, -0.25) is 4.79 Å². The van der Waals surface area contributed by atoms with Gasteiger partial charge in [0.05, 0.1) is 0 Å². The Balaban J connectivity index is 1.94. The molecule has 2 N–H and O–H groups in total. The van der Waals surface area contributed by atoms with Crippen LogP contribution in [0.3, 0.4) is 0 Å². The molecule has 0 aromatic heterocycles. The zero-order valence-electron chi connectivity index (χ0n) is 11.0. The minimum Gasteiger partial charge on any atom is -0.326 e. The summed E-state index contributed by atoms with van der Waals surface area (Å²) in [5.74, 6) is 0.00888. The van der Waals surface area contributed by atoms with Crippen molar-refractivity contribution >= 4 is 23.2 Å². The van der Waals surface area contributed by atoms with E-state index >= 15 is 0 Å². The van der Waals surface area contributed by atoms with Crippen molar-refractivity contribution < 1.29 is 4.79 Å². The first kappa shape index (κ1) is 13.2. The van der Waals surface area contributed by atoms with Gasteiger partial charge in [0.25, 0.3) is 5.91 Å². The summed E-state index contributed by atoms with van der Waals surface area (Å²) in [4.78, 5) is 14.4. The number of hydrogen-bond donors (Lipinski definition) is 1. The Kier molecular flexibility index (Phi) is 3.47. The molecule has 3 nitrogen and oxygen atoms in total. The maximum atomic E-state index is 12.6. The van der Waals surface area contributed by atoms with Gasteiger partial charge < -0.3 is 10.6 Å². The summed E-state index contributed by atoms with van der Waals surface area (Å²) in [5.41, 5.74) is 9.55. The summed E-state index contributed by atoms with van der Waals surface area (Å²) < 4.78 is 0. The van der Waals surface area contributed by atoms with Gasteiger partial charge in [-0.05, 0) is 47.9 Å². The average molecular weight is 287 g/mol. The number of rotatable bonds is 2. The Hall–Kier alpha value is -1.84. The number of anilines is 1. The Labute approximate surface area is 123 Å². The minimum absolute atomic E-state index is 0.00888. The quantitative estimate of drug-likeness (QED) is 0.922. The Morgan fingerprint density at radius 3 is 2.65 bits per heavy atom. The van der Waals surface area contributed by atoms with Gasteiger partial charge in [0.15, 0.2) is 0 Å². The van der Waals surface area contributed by atoms with E-state index in [1.54, 1.807) is 24.3 Å². The second-order valence-corrected chi connectivity index (χ2v) is 5.32. The molecule has 0 spiro atoms.